The molecule has 2 heterocycles. The standard InChI is InChI=1S/C15H14N2O3/c1-8-4-5-12-13(10(8)3)17(15(19)14(12)18)7-11-6-9(2)16-20-11/h4-6H,7H2,1-3H3. The van der Waals surface area contributed by atoms with E-state index in [9.17, 15) is 9.59 Å². The van der Waals surface area contributed by atoms with Gasteiger partial charge >= 0.3 is 0 Å². The first-order chi connectivity index (χ1) is 9.49. The van der Waals surface area contributed by atoms with Gasteiger partial charge in [0.1, 0.15) is 0 Å². The number of benzene rings is 1. The van der Waals surface area contributed by atoms with Crippen molar-refractivity contribution in [3.05, 3.63) is 46.3 Å². The fourth-order valence-electron chi connectivity index (χ4n) is 2.47. The Bertz CT molecular complexity index is 731. The van der Waals surface area contributed by atoms with Crippen LogP contribution in [0.15, 0.2) is 22.7 Å². The van der Waals surface area contributed by atoms with E-state index >= 15 is 0 Å². The van der Waals surface area contributed by atoms with Gasteiger partial charge in [-0.15, -0.1) is 0 Å². The normalized spacial score (nSPS) is 14.1. The third-order valence-electron chi connectivity index (χ3n) is 3.65. The van der Waals surface area contributed by atoms with Gasteiger partial charge < -0.3 is 4.52 Å². The second kappa shape index (κ2) is 4.30. The van der Waals surface area contributed by atoms with Crippen molar-refractivity contribution in [2.24, 2.45) is 0 Å². The van der Waals surface area contributed by atoms with Crippen molar-refractivity contribution in [1.29, 1.82) is 0 Å². The summed E-state index contributed by atoms with van der Waals surface area (Å²) in [7, 11) is 0. The van der Waals surface area contributed by atoms with E-state index in [1.165, 1.54) is 4.90 Å². The predicted octanol–water partition coefficient (Wildman–Crippen LogP) is 2.33. The molecule has 0 unspecified atom stereocenters. The summed E-state index contributed by atoms with van der Waals surface area (Å²) in [6.45, 7) is 5.91. The molecular formula is C15H14N2O3. The van der Waals surface area contributed by atoms with Gasteiger partial charge in [-0.25, -0.2) is 0 Å². The van der Waals surface area contributed by atoms with Gasteiger partial charge in [0.2, 0.25) is 0 Å². The van der Waals surface area contributed by atoms with Gasteiger partial charge in [0, 0.05) is 6.07 Å². The number of hydrogen-bond acceptors (Lipinski definition) is 4. The Hall–Kier alpha value is -2.43. The second-order valence-corrected chi connectivity index (χ2v) is 5.06. The molecule has 1 aromatic heterocycles. The minimum Gasteiger partial charge on any atom is -0.359 e. The first kappa shape index (κ1) is 12.6. The molecule has 20 heavy (non-hydrogen) atoms. The summed E-state index contributed by atoms with van der Waals surface area (Å²) in [6, 6.07) is 5.34. The Labute approximate surface area is 116 Å². The van der Waals surface area contributed by atoms with E-state index in [2.05, 4.69) is 5.16 Å². The maximum atomic E-state index is 12.2. The maximum Gasteiger partial charge on any atom is 0.299 e. The first-order valence-electron chi connectivity index (χ1n) is 6.37. The largest absolute Gasteiger partial charge is 0.359 e. The summed E-state index contributed by atoms with van der Waals surface area (Å²) < 4.78 is 5.14. The van der Waals surface area contributed by atoms with E-state index in [4.69, 9.17) is 4.52 Å². The lowest BCUT2D eigenvalue weighted by molar-refractivity contribution is -0.114. The van der Waals surface area contributed by atoms with Crippen LogP contribution < -0.4 is 4.90 Å². The minimum absolute atomic E-state index is 0.225. The maximum absolute atomic E-state index is 12.2. The van der Waals surface area contributed by atoms with Crippen LogP contribution in [0.3, 0.4) is 0 Å². The van der Waals surface area contributed by atoms with Crippen LogP contribution in [0.25, 0.3) is 0 Å². The van der Waals surface area contributed by atoms with Gasteiger partial charge in [0.15, 0.2) is 5.76 Å². The van der Waals surface area contributed by atoms with Gasteiger partial charge in [-0.05, 0) is 38.0 Å². The van der Waals surface area contributed by atoms with Crippen LogP contribution in [-0.2, 0) is 11.3 Å². The molecule has 0 N–H and O–H groups in total. The number of nitrogens with zero attached hydrogens (tertiary/aromatic N) is 2. The molecule has 3 rings (SSSR count). The summed E-state index contributed by atoms with van der Waals surface area (Å²) in [4.78, 5) is 25.7. The number of fused-ring (bicyclic) bond motifs is 1. The van der Waals surface area contributed by atoms with E-state index in [1.807, 2.05) is 26.8 Å². The van der Waals surface area contributed by atoms with Crippen molar-refractivity contribution < 1.29 is 14.1 Å². The Morgan fingerprint density at radius 1 is 1.20 bits per heavy atom. The zero-order valence-electron chi connectivity index (χ0n) is 11.6. The van der Waals surface area contributed by atoms with Gasteiger partial charge in [-0.1, -0.05) is 11.2 Å². The number of aromatic nitrogens is 1. The molecule has 0 aliphatic carbocycles. The molecule has 1 amide bonds. The van der Waals surface area contributed by atoms with E-state index in [-0.39, 0.29) is 6.54 Å². The number of rotatable bonds is 2. The van der Waals surface area contributed by atoms with Gasteiger partial charge in [-0.2, -0.15) is 0 Å². The van der Waals surface area contributed by atoms with E-state index < -0.39 is 11.7 Å². The zero-order chi connectivity index (χ0) is 14.4. The van der Waals surface area contributed by atoms with Gasteiger partial charge in [0.05, 0.1) is 23.5 Å². The Balaban J connectivity index is 2.07. The van der Waals surface area contributed by atoms with Crippen LogP contribution in [-0.4, -0.2) is 16.8 Å². The Morgan fingerprint density at radius 2 is 1.95 bits per heavy atom. The number of aryl methyl sites for hydroxylation is 2. The molecule has 0 fully saturated rings. The molecule has 5 nitrogen and oxygen atoms in total. The van der Waals surface area contributed by atoms with Crippen LogP contribution in [0.5, 0.6) is 0 Å². The lowest BCUT2D eigenvalue weighted by Crippen LogP contribution is -2.29. The highest BCUT2D eigenvalue weighted by molar-refractivity contribution is 6.52. The molecule has 0 saturated carbocycles. The molecule has 2 aromatic rings. The molecule has 0 bridgehead atoms. The molecule has 1 aliphatic rings. The van der Waals surface area contributed by atoms with Crippen molar-refractivity contribution in [2.45, 2.75) is 27.3 Å². The van der Waals surface area contributed by atoms with Crippen LogP contribution in [0.2, 0.25) is 0 Å². The molecule has 1 aliphatic heterocycles. The molecule has 0 radical (unpaired) electrons. The number of anilines is 1. The summed E-state index contributed by atoms with van der Waals surface area (Å²) in [6.07, 6.45) is 0. The fraction of sp³-hybridized carbons (Fsp3) is 0.267. The van der Waals surface area contributed by atoms with E-state index in [0.29, 0.717) is 17.0 Å². The quantitative estimate of drug-likeness (QED) is 0.786. The minimum atomic E-state index is -0.511. The van der Waals surface area contributed by atoms with Gasteiger partial charge in [-0.3, -0.25) is 14.5 Å². The number of amides is 1. The summed E-state index contributed by atoms with van der Waals surface area (Å²) in [5, 5.41) is 3.80. The highest BCUT2D eigenvalue weighted by atomic mass is 16.5. The third-order valence-corrected chi connectivity index (χ3v) is 3.65. The van der Waals surface area contributed by atoms with Crippen LogP contribution in [0, 0.1) is 20.8 Å². The van der Waals surface area contributed by atoms with E-state index in [0.717, 1.165) is 16.8 Å². The van der Waals surface area contributed by atoms with Crippen LogP contribution >= 0.6 is 0 Å². The Kier molecular flexibility index (Phi) is 2.71. The number of hydrogen-bond donors (Lipinski definition) is 0. The fourth-order valence-corrected chi connectivity index (χ4v) is 2.47. The average Bonchev–Trinajstić information content (AvgIpc) is 2.92. The number of carbonyl (C=O) groups is 2. The van der Waals surface area contributed by atoms with E-state index in [1.54, 1.807) is 12.1 Å². The van der Waals surface area contributed by atoms with Crippen molar-refractivity contribution in [2.75, 3.05) is 4.90 Å². The lowest BCUT2D eigenvalue weighted by atomic mass is 10.0. The molecule has 102 valence electrons. The Morgan fingerprint density at radius 3 is 2.60 bits per heavy atom. The molecular weight excluding hydrogens is 256 g/mol. The number of ketones is 1. The number of Topliss-reactive ketones (excluding diaryl/α,β-unsaturated/α-hetero) is 1. The smallest absolute Gasteiger partial charge is 0.299 e. The predicted molar refractivity (Wildman–Crippen MR) is 72.7 cm³/mol. The van der Waals surface area contributed by atoms with Crippen molar-refractivity contribution >= 4 is 17.4 Å². The summed E-state index contributed by atoms with van der Waals surface area (Å²) in [5.41, 5.74) is 3.89. The van der Waals surface area contributed by atoms with Crippen LogP contribution in [0.4, 0.5) is 5.69 Å². The summed E-state index contributed by atoms with van der Waals surface area (Å²) in [5.74, 6) is -0.403. The first-order valence-corrected chi connectivity index (χ1v) is 6.37. The monoisotopic (exact) mass is 270 g/mol. The van der Waals surface area contributed by atoms with Crippen molar-refractivity contribution in [1.82, 2.24) is 5.16 Å². The zero-order valence-corrected chi connectivity index (χ0v) is 11.6. The SMILES string of the molecule is Cc1cc(CN2C(=O)C(=O)c3ccc(C)c(C)c32)on1. The molecule has 0 atom stereocenters. The molecule has 1 aromatic carbocycles. The molecule has 0 spiro atoms. The summed E-state index contributed by atoms with van der Waals surface area (Å²) >= 11 is 0. The van der Waals surface area contributed by atoms with Crippen molar-refractivity contribution in [3.8, 4) is 0 Å². The highest BCUT2D eigenvalue weighted by Crippen LogP contribution is 2.35. The van der Waals surface area contributed by atoms with Gasteiger partial charge in [0.25, 0.3) is 11.7 Å². The second-order valence-electron chi connectivity index (χ2n) is 5.06. The van der Waals surface area contributed by atoms with Crippen LogP contribution in [0.1, 0.15) is 32.9 Å². The molecule has 0 saturated heterocycles. The van der Waals surface area contributed by atoms with Crippen molar-refractivity contribution in [3.63, 3.8) is 0 Å². The average molecular weight is 270 g/mol. The highest BCUT2D eigenvalue weighted by Gasteiger charge is 2.37. The lowest BCUT2D eigenvalue weighted by Gasteiger charge is -2.17. The number of carbonyl (C=O) groups excluding carboxylic acids is 2. The molecule has 5 heteroatoms. The third kappa shape index (κ3) is 1.74. The topological polar surface area (TPSA) is 63.4 Å².